The molecule has 0 fully saturated rings. The maximum atomic E-state index is 5.32. The van der Waals surface area contributed by atoms with Crippen molar-refractivity contribution in [3.63, 3.8) is 0 Å². The summed E-state index contributed by atoms with van der Waals surface area (Å²) < 4.78 is 5.32. The lowest BCUT2D eigenvalue weighted by Crippen LogP contribution is -2.35. The first-order chi connectivity index (χ1) is 7.33. The summed E-state index contributed by atoms with van der Waals surface area (Å²) in [5.41, 5.74) is 3.46. The number of methoxy groups -OCH3 is 1. The van der Waals surface area contributed by atoms with E-state index >= 15 is 0 Å². The first kappa shape index (κ1) is 13.0. The van der Waals surface area contributed by atoms with Crippen LogP contribution in [-0.2, 0) is 6.54 Å². The van der Waals surface area contributed by atoms with E-state index in [1.54, 1.807) is 7.11 Å². The van der Waals surface area contributed by atoms with E-state index in [4.69, 9.17) is 4.74 Å². The second-order valence-corrected chi connectivity index (χ2v) is 5.17. The summed E-state index contributed by atoms with van der Waals surface area (Å²) in [4.78, 5) is 4.39. The lowest BCUT2D eigenvalue weighted by Gasteiger charge is -2.22. The van der Waals surface area contributed by atoms with Gasteiger partial charge in [0.1, 0.15) is 0 Å². The second-order valence-electron chi connectivity index (χ2n) is 5.17. The van der Waals surface area contributed by atoms with Gasteiger partial charge >= 0.3 is 0 Å². The summed E-state index contributed by atoms with van der Waals surface area (Å²) in [7, 11) is 1.67. The SMILES string of the molecule is COc1nc(C)cc(C)c1CNC(C)(C)C. The van der Waals surface area contributed by atoms with Gasteiger partial charge in [-0.15, -0.1) is 0 Å². The fourth-order valence-electron chi connectivity index (χ4n) is 1.57. The number of nitrogens with zero attached hydrogens (tertiary/aromatic N) is 1. The maximum absolute atomic E-state index is 5.32. The van der Waals surface area contributed by atoms with Crippen LogP contribution < -0.4 is 10.1 Å². The minimum Gasteiger partial charge on any atom is -0.481 e. The predicted octanol–water partition coefficient (Wildman–Crippen LogP) is 2.60. The van der Waals surface area contributed by atoms with Crippen molar-refractivity contribution in [2.75, 3.05) is 7.11 Å². The van der Waals surface area contributed by atoms with Crippen LogP contribution in [0.2, 0.25) is 0 Å². The molecule has 1 aromatic heterocycles. The average molecular weight is 222 g/mol. The molecule has 1 heterocycles. The summed E-state index contributed by atoms with van der Waals surface area (Å²) in [6, 6.07) is 2.09. The van der Waals surface area contributed by atoms with Crippen LogP contribution in [0.5, 0.6) is 5.88 Å². The minimum absolute atomic E-state index is 0.0995. The molecule has 3 heteroatoms. The van der Waals surface area contributed by atoms with Crippen LogP contribution in [0.25, 0.3) is 0 Å². The van der Waals surface area contributed by atoms with Crippen molar-refractivity contribution in [2.24, 2.45) is 0 Å². The number of hydrogen-bond acceptors (Lipinski definition) is 3. The molecule has 16 heavy (non-hydrogen) atoms. The molecule has 0 aliphatic heterocycles. The molecule has 0 aliphatic rings. The molecule has 0 unspecified atom stereocenters. The van der Waals surface area contributed by atoms with E-state index in [0.717, 1.165) is 23.7 Å². The Morgan fingerprint density at radius 1 is 1.31 bits per heavy atom. The molecule has 1 N–H and O–H groups in total. The van der Waals surface area contributed by atoms with E-state index in [9.17, 15) is 0 Å². The van der Waals surface area contributed by atoms with Gasteiger partial charge in [-0.3, -0.25) is 0 Å². The fourth-order valence-corrected chi connectivity index (χ4v) is 1.57. The molecule has 0 spiro atoms. The van der Waals surface area contributed by atoms with E-state index in [1.165, 1.54) is 5.56 Å². The quantitative estimate of drug-likeness (QED) is 0.853. The van der Waals surface area contributed by atoms with E-state index < -0.39 is 0 Å². The van der Waals surface area contributed by atoms with Crippen molar-refractivity contribution in [1.29, 1.82) is 0 Å². The molecule has 90 valence electrons. The summed E-state index contributed by atoms with van der Waals surface area (Å²) >= 11 is 0. The molecule has 0 saturated carbocycles. The molecule has 0 saturated heterocycles. The van der Waals surface area contributed by atoms with E-state index in [2.05, 4.69) is 44.1 Å². The van der Waals surface area contributed by atoms with Gasteiger partial charge in [0, 0.05) is 23.3 Å². The highest BCUT2D eigenvalue weighted by molar-refractivity contribution is 5.35. The van der Waals surface area contributed by atoms with Crippen molar-refractivity contribution >= 4 is 0 Å². The van der Waals surface area contributed by atoms with Gasteiger partial charge < -0.3 is 10.1 Å². The Morgan fingerprint density at radius 3 is 2.44 bits per heavy atom. The Kier molecular flexibility index (Phi) is 3.92. The first-order valence-corrected chi connectivity index (χ1v) is 5.59. The molecular formula is C13H22N2O. The van der Waals surface area contributed by atoms with Crippen molar-refractivity contribution in [1.82, 2.24) is 10.3 Å². The monoisotopic (exact) mass is 222 g/mol. The third kappa shape index (κ3) is 3.49. The molecule has 3 nitrogen and oxygen atoms in total. The third-order valence-corrected chi connectivity index (χ3v) is 2.43. The Bertz CT molecular complexity index is 367. The number of rotatable bonds is 3. The van der Waals surface area contributed by atoms with Crippen molar-refractivity contribution in [2.45, 2.75) is 46.7 Å². The van der Waals surface area contributed by atoms with Crippen LogP contribution in [0.4, 0.5) is 0 Å². The van der Waals surface area contributed by atoms with Gasteiger partial charge in [-0.25, -0.2) is 4.98 Å². The zero-order valence-corrected chi connectivity index (χ0v) is 11.1. The van der Waals surface area contributed by atoms with Gasteiger partial charge in [-0.05, 0) is 46.2 Å². The summed E-state index contributed by atoms with van der Waals surface area (Å²) in [6.45, 7) is 11.3. The van der Waals surface area contributed by atoms with Gasteiger partial charge in [0.25, 0.3) is 0 Å². The number of nitrogens with one attached hydrogen (secondary N) is 1. The topological polar surface area (TPSA) is 34.1 Å². The lowest BCUT2D eigenvalue weighted by molar-refractivity contribution is 0.377. The Labute approximate surface area is 98.2 Å². The van der Waals surface area contributed by atoms with E-state index in [1.807, 2.05) is 6.92 Å². The number of pyridine rings is 1. The highest BCUT2D eigenvalue weighted by Gasteiger charge is 2.13. The highest BCUT2D eigenvalue weighted by atomic mass is 16.5. The lowest BCUT2D eigenvalue weighted by atomic mass is 10.1. The standard InChI is InChI=1S/C13H22N2O/c1-9-7-10(2)15-12(16-6)11(9)8-14-13(3,4)5/h7,14H,8H2,1-6H3. The predicted molar refractivity (Wildman–Crippen MR) is 66.9 cm³/mol. The summed E-state index contributed by atoms with van der Waals surface area (Å²) in [5, 5.41) is 3.45. The molecule has 0 bridgehead atoms. The van der Waals surface area contributed by atoms with Gasteiger partial charge in [-0.1, -0.05) is 0 Å². The van der Waals surface area contributed by atoms with Gasteiger partial charge in [-0.2, -0.15) is 0 Å². The average Bonchev–Trinajstić information content (AvgIpc) is 2.13. The van der Waals surface area contributed by atoms with Crippen molar-refractivity contribution in [3.05, 3.63) is 22.9 Å². The van der Waals surface area contributed by atoms with Gasteiger partial charge in [0.15, 0.2) is 0 Å². The molecule has 0 aliphatic carbocycles. The van der Waals surface area contributed by atoms with Crippen molar-refractivity contribution in [3.8, 4) is 5.88 Å². The highest BCUT2D eigenvalue weighted by Crippen LogP contribution is 2.21. The molecule has 0 aromatic carbocycles. The Morgan fingerprint density at radius 2 is 1.94 bits per heavy atom. The normalized spacial score (nSPS) is 11.6. The summed E-state index contributed by atoms with van der Waals surface area (Å²) in [6.07, 6.45) is 0. The van der Waals surface area contributed by atoms with Gasteiger partial charge in [0.05, 0.1) is 7.11 Å². The maximum Gasteiger partial charge on any atom is 0.218 e. The van der Waals surface area contributed by atoms with E-state index in [-0.39, 0.29) is 5.54 Å². The molecule has 0 atom stereocenters. The fraction of sp³-hybridized carbons (Fsp3) is 0.615. The largest absolute Gasteiger partial charge is 0.481 e. The van der Waals surface area contributed by atoms with Crippen molar-refractivity contribution < 1.29 is 4.74 Å². The number of hydrogen-bond donors (Lipinski definition) is 1. The van der Waals surface area contributed by atoms with Crippen LogP contribution in [0.3, 0.4) is 0 Å². The van der Waals surface area contributed by atoms with E-state index in [0.29, 0.717) is 0 Å². The van der Waals surface area contributed by atoms with Crippen LogP contribution >= 0.6 is 0 Å². The number of aryl methyl sites for hydroxylation is 2. The van der Waals surface area contributed by atoms with Gasteiger partial charge in [0.2, 0.25) is 5.88 Å². The van der Waals surface area contributed by atoms with Crippen LogP contribution in [-0.4, -0.2) is 17.6 Å². The molecular weight excluding hydrogens is 200 g/mol. The third-order valence-electron chi connectivity index (χ3n) is 2.43. The minimum atomic E-state index is 0.0995. The van der Waals surface area contributed by atoms with Crippen LogP contribution in [0, 0.1) is 13.8 Å². The first-order valence-electron chi connectivity index (χ1n) is 5.59. The smallest absolute Gasteiger partial charge is 0.218 e. The molecule has 1 rings (SSSR count). The number of aromatic nitrogens is 1. The Hall–Kier alpha value is -1.09. The molecule has 0 amide bonds. The molecule has 0 radical (unpaired) electrons. The summed E-state index contributed by atoms with van der Waals surface area (Å²) in [5.74, 6) is 0.731. The van der Waals surface area contributed by atoms with Crippen LogP contribution in [0.15, 0.2) is 6.07 Å². The second kappa shape index (κ2) is 4.83. The zero-order chi connectivity index (χ0) is 12.3. The Balaban J connectivity index is 2.94. The number of ether oxygens (including phenoxy) is 1. The molecule has 1 aromatic rings. The van der Waals surface area contributed by atoms with Crippen LogP contribution in [0.1, 0.15) is 37.6 Å². The zero-order valence-electron chi connectivity index (χ0n) is 11.1.